The monoisotopic (exact) mass is 365 g/mol. The molecule has 27 heavy (non-hydrogen) atoms. The van der Waals surface area contributed by atoms with E-state index in [2.05, 4.69) is 5.32 Å². The van der Waals surface area contributed by atoms with Crippen molar-refractivity contribution in [2.75, 3.05) is 11.9 Å². The van der Waals surface area contributed by atoms with Crippen molar-refractivity contribution in [1.29, 1.82) is 0 Å². The Morgan fingerprint density at radius 3 is 2.33 bits per heavy atom. The number of carbonyl (C=O) groups excluding carboxylic acids is 1. The van der Waals surface area contributed by atoms with Gasteiger partial charge in [-0.1, -0.05) is 48.5 Å². The van der Waals surface area contributed by atoms with Gasteiger partial charge in [0.25, 0.3) is 5.91 Å². The summed E-state index contributed by atoms with van der Waals surface area (Å²) in [6.45, 7) is 1.99. The van der Waals surface area contributed by atoms with Crippen molar-refractivity contribution in [2.24, 2.45) is 0 Å². The largest absolute Gasteiger partial charge is 0.485 e. The molecule has 0 atom stereocenters. The van der Waals surface area contributed by atoms with Crippen LogP contribution >= 0.6 is 0 Å². The van der Waals surface area contributed by atoms with Crippen LogP contribution in [0.5, 0.6) is 11.5 Å². The molecule has 138 valence electrons. The predicted octanol–water partition coefficient (Wildman–Crippen LogP) is 4.73. The van der Waals surface area contributed by atoms with Crippen molar-refractivity contribution in [1.82, 2.24) is 0 Å². The van der Waals surface area contributed by atoms with Gasteiger partial charge in [0.2, 0.25) is 0 Å². The number of carbonyl (C=O) groups is 1. The lowest BCUT2D eigenvalue weighted by Gasteiger charge is -2.13. The van der Waals surface area contributed by atoms with Gasteiger partial charge in [0.1, 0.15) is 12.4 Å². The highest BCUT2D eigenvalue weighted by atomic mass is 19.1. The van der Waals surface area contributed by atoms with E-state index in [1.807, 2.05) is 36.4 Å². The summed E-state index contributed by atoms with van der Waals surface area (Å²) in [6, 6.07) is 21.2. The van der Waals surface area contributed by atoms with Crippen molar-refractivity contribution in [2.45, 2.75) is 13.5 Å². The fraction of sp³-hybridized carbons (Fsp3) is 0.136. The second kappa shape index (κ2) is 8.85. The average molecular weight is 365 g/mol. The Kier molecular flexibility index (Phi) is 6.05. The first-order valence-corrected chi connectivity index (χ1v) is 8.56. The van der Waals surface area contributed by atoms with Gasteiger partial charge in [-0.05, 0) is 42.3 Å². The number of halogens is 1. The molecule has 0 saturated carbocycles. The third-order valence-electron chi connectivity index (χ3n) is 3.92. The summed E-state index contributed by atoms with van der Waals surface area (Å²) in [5.41, 5.74) is 2.24. The van der Waals surface area contributed by atoms with Gasteiger partial charge >= 0.3 is 0 Å². The van der Waals surface area contributed by atoms with E-state index in [1.54, 1.807) is 31.2 Å². The number of benzene rings is 3. The first kappa shape index (κ1) is 18.5. The van der Waals surface area contributed by atoms with Gasteiger partial charge in [-0.15, -0.1) is 0 Å². The van der Waals surface area contributed by atoms with Gasteiger partial charge in [-0.25, -0.2) is 4.39 Å². The van der Waals surface area contributed by atoms with E-state index in [0.717, 1.165) is 11.1 Å². The number of hydrogen-bond acceptors (Lipinski definition) is 3. The molecule has 5 heteroatoms. The van der Waals surface area contributed by atoms with Gasteiger partial charge < -0.3 is 14.8 Å². The minimum absolute atomic E-state index is 0.207. The minimum Gasteiger partial charge on any atom is -0.485 e. The van der Waals surface area contributed by atoms with Gasteiger partial charge in [0.15, 0.2) is 18.1 Å². The molecule has 0 spiro atoms. The number of aryl methyl sites for hydroxylation is 1. The third kappa shape index (κ3) is 5.31. The van der Waals surface area contributed by atoms with Crippen molar-refractivity contribution < 1.29 is 18.7 Å². The number of amides is 1. The molecular weight excluding hydrogens is 345 g/mol. The Labute approximate surface area is 157 Å². The quantitative estimate of drug-likeness (QED) is 0.658. The summed E-state index contributed by atoms with van der Waals surface area (Å²) in [5.74, 6) is 0.244. The Bertz CT molecular complexity index is 912. The average Bonchev–Trinajstić information content (AvgIpc) is 2.69. The first-order chi connectivity index (χ1) is 13.1. The lowest BCUT2D eigenvalue weighted by Crippen LogP contribution is -2.21. The molecule has 0 saturated heterocycles. The van der Waals surface area contributed by atoms with Crippen LogP contribution < -0.4 is 14.8 Å². The molecule has 3 aromatic rings. The highest BCUT2D eigenvalue weighted by Gasteiger charge is 2.10. The predicted molar refractivity (Wildman–Crippen MR) is 102 cm³/mol. The molecule has 0 aliphatic heterocycles. The topological polar surface area (TPSA) is 47.6 Å². The van der Waals surface area contributed by atoms with Crippen LogP contribution in [0.25, 0.3) is 0 Å². The van der Waals surface area contributed by atoms with Crippen LogP contribution in [0.15, 0.2) is 72.8 Å². The summed E-state index contributed by atoms with van der Waals surface area (Å²) in [4.78, 5) is 12.1. The molecule has 0 bridgehead atoms. The molecule has 3 rings (SSSR count). The number of hydrogen-bond donors (Lipinski definition) is 1. The van der Waals surface area contributed by atoms with Crippen molar-refractivity contribution >= 4 is 11.6 Å². The molecule has 0 heterocycles. The second-order valence-corrected chi connectivity index (χ2v) is 6.02. The summed E-state index contributed by atoms with van der Waals surface area (Å²) in [5, 5.41) is 2.65. The molecule has 0 aromatic heterocycles. The van der Waals surface area contributed by atoms with Gasteiger partial charge in [-0.2, -0.15) is 0 Å². The lowest BCUT2D eigenvalue weighted by molar-refractivity contribution is -0.118. The molecule has 1 amide bonds. The fourth-order valence-electron chi connectivity index (χ4n) is 2.48. The lowest BCUT2D eigenvalue weighted by atomic mass is 10.2. The maximum atomic E-state index is 13.3. The SMILES string of the molecule is Cc1ccc(F)cc1NC(=O)COc1ccccc1OCc1ccccc1. The number of ether oxygens (including phenoxy) is 2. The Balaban J connectivity index is 1.59. The third-order valence-corrected chi connectivity index (χ3v) is 3.92. The first-order valence-electron chi connectivity index (χ1n) is 8.56. The molecule has 0 unspecified atom stereocenters. The zero-order chi connectivity index (χ0) is 19.1. The molecule has 4 nitrogen and oxygen atoms in total. The summed E-state index contributed by atoms with van der Waals surface area (Å²) >= 11 is 0. The molecule has 1 N–H and O–H groups in total. The maximum Gasteiger partial charge on any atom is 0.262 e. The number of para-hydroxylation sites is 2. The van der Waals surface area contributed by atoms with Crippen molar-refractivity contribution in [3.05, 3.63) is 89.7 Å². The molecule has 0 radical (unpaired) electrons. The van der Waals surface area contributed by atoms with Gasteiger partial charge in [-0.3, -0.25) is 4.79 Å². The van der Waals surface area contributed by atoms with Crippen LogP contribution in [0.3, 0.4) is 0 Å². The molecule has 3 aromatic carbocycles. The van der Waals surface area contributed by atoms with E-state index in [9.17, 15) is 9.18 Å². The van der Waals surface area contributed by atoms with Gasteiger partial charge in [0, 0.05) is 5.69 Å². The van der Waals surface area contributed by atoms with Gasteiger partial charge in [0.05, 0.1) is 0 Å². The Morgan fingerprint density at radius 1 is 0.926 bits per heavy atom. The highest BCUT2D eigenvalue weighted by molar-refractivity contribution is 5.92. The highest BCUT2D eigenvalue weighted by Crippen LogP contribution is 2.27. The maximum absolute atomic E-state index is 13.3. The van der Waals surface area contributed by atoms with Crippen LogP contribution in [0, 0.1) is 12.7 Å². The van der Waals surface area contributed by atoms with E-state index in [4.69, 9.17) is 9.47 Å². The number of anilines is 1. The van der Waals surface area contributed by atoms with E-state index >= 15 is 0 Å². The smallest absolute Gasteiger partial charge is 0.262 e. The van der Waals surface area contributed by atoms with Crippen LogP contribution in [0.4, 0.5) is 10.1 Å². The number of rotatable bonds is 7. The Hall–Kier alpha value is -3.34. The van der Waals surface area contributed by atoms with Crippen LogP contribution in [0.1, 0.15) is 11.1 Å². The van der Waals surface area contributed by atoms with E-state index in [0.29, 0.717) is 23.8 Å². The van der Waals surface area contributed by atoms with Crippen LogP contribution in [-0.4, -0.2) is 12.5 Å². The van der Waals surface area contributed by atoms with Crippen molar-refractivity contribution in [3.63, 3.8) is 0 Å². The van der Waals surface area contributed by atoms with Crippen LogP contribution in [-0.2, 0) is 11.4 Å². The normalized spacial score (nSPS) is 10.3. The summed E-state index contributed by atoms with van der Waals surface area (Å²) in [6.07, 6.45) is 0. The second-order valence-electron chi connectivity index (χ2n) is 6.02. The molecule has 0 aliphatic rings. The van der Waals surface area contributed by atoms with Crippen molar-refractivity contribution in [3.8, 4) is 11.5 Å². The number of nitrogens with one attached hydrogen (secondary N) is 1. The molecule has 0 fully saturated rings. The summed E-state index contributed by atoms with van der Waals surface area (Å²) < 4.78 is 24.7. The van der Waals surface area contributed by atoms with Crippen LogP contribution in [0.2, 0.25) is 0 Å². The summed E-state index contributed by atoms with van der Waals surface area (Å²) in [7, 11) is 0. The van der Waals surface area contributed by atoms with E-state index in [-0.39, 0.29) is 12.5 Å². The van der Waals surface area contributed by atoms with E-state index in [1.165, 1.54) is 12.1 Å². The Morgan fingerprint density at radius 2 is 1.59 bits per heavy atom. The zero-order valence-corrected chi connectivity index (χ0v) is 14.9. The standard InChI is InChI=1S/C22H20FNO3/c1-16-11-12-18(23)13-19(16)24-22(25)15-27-21-10-6-5-9-20(21)26-14-17-7-3-2-4-8-17/h2-13H,14-15H2,1H3,(H,24,25). The molecular formula is C22H20FNO3. The minimum atomic E-state index is -0.406. The fourth-order valence-corrected chi connectivity index (χ4v) is 2.48. The molecule has 0 aliphatic carbocycles. The van der Waals surface area contributed by atoms with E-state index < -0.39 is 5.82 Å². The zero-order valence-electron chi connectivity index (χ0n) is 14.9.